The number of anilines is 2. The Morgan fingerprint density at radius 3 is 2.68 bits per heavy atom. The summed E-state index contributed by atoms with van der Waals surface area (Å²) in [6.07, 6.45) is 9.85. The van der Waals surface area contributed by atoms with Gasteiger partial charge in [-0.1, -0.05) is 23.8 Å². The number of thiocarbonyl (C=S) groups is 1. The molecule has 0 heterocycles. The second-order valence-electron chi connectivity index (χ2n) is 4.64. The summed E-state index contributed by atoms with van der Waals surface area (Å²) in [5.74, 6) is 0. The molecule has 1 aliphatic rings. The number of benzene rings is 1. The van der Waals surface area contributed by atoms with Gasteiger partial charge in [-0.2, -0.15) is 0 Å². The van der Waals surface area contributed by atoms with E-state index in [1.54, 1.807) is 18.2 Å². The van der Waals surface area contributed by atoms with Gasteiger partial charge < -0.3 is 10.6 Å². The molecule has 0 amide bonds. The molecule has 117 valence electrons. The smallest absolute Gasteiger partial charge is 0.229 e. The molecule has 22 heavy (non-hydrogen) atoms. The van der Waals surface area contributed by atoms with Crippen LogP contribution in [-0.4, -0.2) is 19.8 Å². The monoisotopic (exact) mass is 356 g/mol. The Kier molecular flexibility index (Phi) is 5.44. The molecule has 0 aromatic heterocycles. The van der Waals surface area contributed by atoms with Gasteiger partial charge >= 0.3 is 0 Å². The molecule has 0 saturated heterocycles. The van der Waals surface area contributed by atoms with Crippen molar-refractivity contribution in [3.63, 3.8) is 0 Å². The van der Waals surface area contributed by atoms with E-state index in [0.29, 0.717) is 16.5 Å². The van der Waals surface area contributed by atoms with Crippen molar-refractivity contribution in [1.29, 1.82) is 0 Å². The molecule has 0 spiro atoms. The maximum Gasteiger partial charge on any atom is 0.229 e. The lowest BCUT2D eigenvalue weighted by atomic mass is 10.1. The number of allylic oxidation sites excluding steroid dienone is 3. The van der Waals surface area contributed by atoms with E-state index in [1.807, 2.05) is 24.6 Å². The van der Waals surface area contributed by atoms with Crippen molar-refractivity contribution in [2.75, 3.05) is 16.3 Å². The third-order valence-corrected chi connectivity index (χ3v) is 3.77. The summed E-state index contributed by atoms with van der Waals surface area (Å²) in [6.45, 7) is 0. The maximum atomic E-state index is 11.2. The zero-order valence-electron chi connectivity index (χ0n) is 11.8. The number of nitrogens with one attached hydrogen (secondary N) is 3. The molecule has 8 heteroatoms. The molecule has 3 N–H and O–H groups in total. The molecule has 0 aliphatic heterocycles. The number of hydrogen-bond acceptors (Lipinski definition) is 3. The van der Waals surface area contributed by atoms with Crippen molar-refractivity contribution < 1.29 is 8.42 Å². The molecule has 1 aliphatic carbocycles. The number of sulfonamides is 1. The molecule has 5 nitrogen and oxygen atoms in total. The Bertz CT molecular complexity index is 742. The highest BCUT2D eigenvalue weighted by Crippen LogP contribution is 2.26. The van der Waals surface area contributed by atoms with Gasteiger partial charge in [0.25, 0.3) is 0 Å². The van der Waals surface area contributed by atoms with E-state index < -0.39 is 10.0 Å². The van der Waals surface area contributed by atoms with Gasteiger partial charge in [-0.3, -0.25) is 4.72 Å². The first-order valence-corrected chi connectivity index (χ1v) is 9.06. The average molecular weight is 357 g/mol. The Labute approximate surface area is 140 Å². The minimum absolute atomic E-state index is 0.282. The third-order valence-electron chi connectivity index (χ3n) is 2.67. The van der Waals surface area contributed by atoms with E-state index in [2.05, 4.69) is 15.4 Å². The highest BCUT2D eigenvalue weighted by atomic mass is 35.5. The molecular weight excluding hydrogens is 342 g/mol. The molecule has 2 rings (SSSR count). The Hall–Kier alpha value is -1.57. The first kappa shape index (κ1) is 16.8. The maximum absolute atomic E-state index is 11.2. The molecule has 0 fully saturated rings. The van der Waals surface area contributed by atoms with Crippen LogP contribution in [0.1, 0.15) is 6.42 Å². The third kappa shape index (κ3) is 5.32. The van der Waals surface area contributed by atoms with Crippen molar-refractivity contribution in [3.8, 4) is 0 Å². The fourth-order valence-electron chi connectivity index (χ4n) is 1.77. The van der Waals surface area contributed by atoms with E-state index in [4.69, 9.17) is 23.8 Å². The summed E-state index contributed by atoms with van der Waals surface area (Å²) in [5.41, 5.74) is 1.90. The van der Waals surface area contributed by atoms with Crippen LogP contribution < -0.4 is 15.4 Å². The van der Waals surface area contributed by atoms with Gasteiger partial charge in [-0.05, 0) is 49.3 Å². The SMILES string of the molecule is CS(=O)(=O)Nc1ccc(NC(=S)NC2=CC[CH]C=C2)cc1Cl. The topological polar surface area (TPSA) is 70.2 Å². The largest absolute Gasteiger partial charge is 0.333 e. The van der Waals surface area contributed by atoms with Gasteiger partial charge in [0, 0.05) is 11.4 Å². The summed E-state index contributed by atoms with van der Waals surface area (Å²) in [6, 6.07) is 4.86. The minimum atomic E-state index is -3.37. The van der Waals surface area contributed by atoms with Gasteiger partial charge in [0.1, 0.15) is 0 Å². The molecule has 1 aromatic carbocycles. The van der Waals surface area contributed by atoms with Crippen LogP contribution in [-0.2, 0) is 10.0 Å². The van der Waals surface area contributed by atoms with Crippen LogP contribution in [0.15, 0.2) is 42.1 Å². The van der Waals surface area contributed by atoms with E-state index in [0.717, 1.165) is 18.4 Å². The molecule has 0 saturated carbocycles. The molecule has 0 bridgehead atoms. The quantitative estimate of drug-likeness (QED) is 0.723. The van der Waals surface area contributed by atoms with Crippen LogP contribution in [0.3, 0.4) is 0 Å². The van der Waals surface area contributed by atoms with Crippen LogP contribution >= 0.6 is 23.8 Å². The van der Waals surface area contributed by atoms with E-state index >= 15 is 0 Å². The Balaban J connectivity index is 2.01. The number of rotatable bonds is 4. The lowest BCUT2D eigenvalue weighted by Crippen LogP contribution is -2.27. The summed E-state index contributed by atoms with van der Waals surface area (Å²) >= 11 is 11.3. The van der Waals surface area contributed by atoms with Gasteiger partial charge in [0.2, 0.25) is 10.0 Å². The van der Waals surface area contributed by atoms with Crippen LogP contribution in [0.4, 0.5) is 11.4 Å². The highest BCUT2D eigenvalue weighted by Gasteiger charge is 2.08. The van der Waals surface area contributed by atoms with E-state index in [9.17, 15) is 8.42 Å². The number of hydrogen-bond donors (Lipinski definition) is 3. The number of halogens is 1. The fraction of sp³-hybridized carbons (Fsp3) is 0.143. The summed E-state index contributed by atoms with van der Waals surface area (Å²) in [4.78, 5) is 0. The van der Waals surface area contributed by atoms with Crippen molar-refractivity contribution in [1.82, 2.24) is 5.32 Å². The summed E-state index contributed by atoms with van der Waals surface area (Å²) in [5, 5.41) is 6.76. The predicted molar refractivity (Wildman–Crippen MR) is 95.4 cm³/mol. The van der Waals surface area contributed by atoms with Crippen LogP contribution in [0.25, 0.3) is 0 Å². The zero-order chi connectivity index (χ0) is 16.2. The van der Waals surface area contributed by atoms with Crippen molar-refractivity contribution in [2.45, 2.75) is 6.42 Å². The molecule has 0 atom stereocenters. The lowest BCUT2D eigenvalue weighted by Gasteiger charge is -2.14. The van der Waals surface area contributed by atoms with Gasteiger partial charge in [-0.25, -0.2) is 8.42 Å². The lowest BCUT2D eigenvalue weighted by molar-refractivity contribution is 0.607. The standard InChI is InChI=1S/C14H15ClN3O2S2/c1-22(19,20)18-13-8-7-11(9-12(13)15)17-14(21)16-10-5-3-2-4-6-10/h2-3,5-9,18H,4H2,1H3,(H2,16,17,21). The zero-order valence-corrected chi connectivity index (χ0v) is 14.1. The first-order valence-electron chi connectivity index (χ1n) is 6.39. The summed E-state index contributed by atoms with van der Waals surface area (Å²) < 4.78 is 24.7. The fourth-order valence-corrected chi connectivity index (χ4v) is 2.87. The van der Waals surface area contributed by atoms with Gasteiger partial charge in [0.05, 0.1) is 17.0 Å². The minimum Gasteiger partial charge on any atom is -0.333 e. The predicted octanol–water partition coefficient (Wildman–Crippen LogP) is 3.05. The Morgan fingerprint density at radius 2 is 2.09 bits per heavy atom. The molecule has 1 aromatic rings. The second-order valence-corrected chi connectivity index (χ2v) is 7.20. The molecule has 0 unspecified atom stereocenters. The van der Waals surface area contributed by atoms with Crippen LogP contribution in [0.2, 0.25) is 5.02 Å². The van der Waals surface area contributed by atoms with Gasteiger partial charge in [0.15, 0.2) is 5.11 Å². The Morgan fingerprint density at radius 1 is 1.32 bits per heavy atom. The molecule has 1 radical (unpaired) electrons. The van der Waals surface area contributed by atoms with E-state index in [-0.39, 0.29) is 5.02 Å². The van der Waals surface area contributed by atoms with Crippen LogP contribution in [0, 0.1) is 6.42 Å². The first-order chi connectivity index (χ1) is 10.3. The average Bonchev–Trinajstić information content (AvgIpc) is 2.41. The van der Waals surface area contributed by atoms with Crippen LogP contribution in [0.5, 0.6) is 0 Å². The molecular formula is C14H15ClN3O2S2. The van der Waals surface area contributed by atoms with Gasteiger partial charge in [-0.15, -0.1) is 0 Å². The normalized spacial score (nSPS) is 14.2. The highest BCUT2D eigenvalue weighted by molar-refractivity contribution is 7.92. The van der Waals surface area contributed by atoms with Crippen molar-refractivity contribution in [3.05, 3.63) is 53.6 Å². The van der Waals surface area contributed by atoms with Crippen molar-refractivity contribution >= 4 is 50.3 Å². The van der Waals surface area contributed by atoms with E-state index in [1.165, 1.54) is 0 Å². The second kappa shape index (κ2) is 7.13. The summed E-state index contributed by atoms with van der Waals surface area (Å²) in [7, 11) is -3.37. The van der Waals surface area contributed by atoms with Crippen molar-refractivity contribution in [2.24, 2.45) is 0 Å².